The van der Waals surface area contributed by atoms with Crippen molar-refractivity contribution in [2.45, 2.75) is 6.42 Å². The molecule has 96 valence electrons. The molecule has 1 amide bonds. The van der Waals surface area contributed by atoms with Crippen LogP contribution in [-0.4, -0.2) is 31.6 Å². The fourth-order valence-electron chi connectivity index (χ4n) is 1.81. The van der Waals surface area contributed by atoms with Gasteiger partial charge in [0.15, 0.2) is 0 Å². The summed E-state index contributed by atoms with van der Waals surface area (Å²) in [6, 6.07) is 9.18. The van der Waals surface area contributed by atoms with Gasteiger partial charge in [-0.1, -0.05) is 18.2 Å². The predicted octanol–water partition coefficient (Wildman–Crippen LogP) is 0.778. The lowest BCUT2D eigenvalue weighted by Gasteiger charge is -2.12. The molecule has 0 aromatic heterocycles. The largest absolute Gasteiger partial charge is 0.464 e. The topological polar surface area (TPSA) is 67.4 Å². The van der Waals surface area contributed by atoms with Crippen LogP contribution in [0, 0.1) is 5.92 Å². The van der Waals surface area contributed by atoms with Crippen molar-refractivity contribution in [3.05, 3.63) is 30.3 Å². The number of ether oxygens (including phenoxy) is 1. The summed E-state index contributed by atoms with van der Waals surface area (Å²) in [6.45, 7) is 1.50. The maximum Gasteiger partial charge on any atom is 0.310 e. The fraction of sp³-hybridized carbons (Fsp3) is 0.385. The van der Waals surface area contributed by atoms with Crippen LogP contribution in [0.4, 0.5) is 5.69 Å². The van der Waals surface area contributed by atoms with Crippen molar-refractivity contribution in [3.8, 4) is 0 Å². The number of carbonyl (C=O) groups is 2. The molecule has 18 heavy (non-hydrogen) atoms. The molecule has 5 nitrogen and oxygen atoms in total. The molecule has 1 fully saturated rings. The summed E-state index contributed by atoms with van der Waals surface area (Å²) in [5, 5.41) is 5.83. The number of hydrogen-bond acceptors (Lipinski definition) is 4. The second-order valence-electron chi connectivity index (χ2n) is 4.19. The lowest BCUT2D eigenvalue weighted by Crippen LogP contribution is -2.29. The van der Waals surface area contributed by atoms with Crippen LogP contribution >= 0.6 is 0 Å². The van der Waals surface area contributed by atoms with Crippen LogP contribution in [-0.2, 0) is 14.3 Å². The van der Waals surface area contributed by atoms with E-state index in [-0.39, 0.29) is 18.3 Å². The number of hydrogen-bond donors (Lipinski definition) is 2. The van der Waals surface area contributed by atoms with Crippen LogP contribution in [0.15, 0.2) is 30.3 Å². The highest BCUT2D eigenvalue weighted by Crippen LogP contribution is 2.11. The first-order chi connectivity index (χ1) is 8.75. The van der Waals surface area contributed by atoms with Crippen LogP contribution in [0.25, 0.3) is 0 Å². The number of nitrogens with one attached hydrogen (secondary N) is 2. The van der Waals surface area contributed by atoms with Gasteiger partial charge in [-0.15, -0.1) is 0 Å². The van der Waals surface area contributed by atoms with Gasteiger partial charge in [0, 0.05) is 25.2 Å². The average molecular weight is 248 g/mol. The van der Waals surface area contributed by atoms with Crippen molar-refractivity contribution in [1.82, 2.24) is 5.32 Å². The van der Waals surface area contributed by atoms with Crippen LogP contribution in [0.1, 0.15) is 6.42 Å². The summed E-state index contributed by atoms with van der Waals surface area (Å²) in [5.74, 6) is -0.883. The first kappa shape index (κ1) is 12.6. The third kappa shape index (κ3) is 3.56. The molecule has 0 saturated carbocycles. The van der Waals surface area contributed by atoms with E-state index in [0.717, 1.165) is 5.69 Å². The number of para-hydroxylation sites is 1. The Kier molecular flexibility index (Phi) is 4.30. The summed E-state index contributed by atoms with van der Waals surface area (Å²) in [6.07, 6.45) is 0.140. The number of benzene rings is 1. The van der Waals surface area contributed by atoms with Gasteiger partial charge in [0.1, 0.15) is 6.61 Å². The Morgan fingerprint density at radius 1 is 1.39 bits per heavy atom. The Morgan fingerprint density at radius 3 is 2.94 bits per heavy atom. The van der Waals surface area contributed by atoms with E-state index in [1.807, 2.05) is 30.3 Å². The number of carbonyl (C=O) groups excluding carboxylic acids is 2. The van der Waals surface area contributed by atoms with Gasteiger partial charge in [-0.3, -0.25) is 9.59 Å². The van der Waals surface area contributed by atoms with Gasteiger partial charge < -0.3 is 15.4 Å². The molecule has 1 aromatic carbocycles. The third-order valence-corrected chi connectivity index (χ3v) is 2.74. The van der Waals surface area contributed by atoms with Gasteiger partial charge in [0.2, 0.25) is 5.91 Å². The molecule has 1 saturated heterocycles. The number of anilines is 1. The third-order valence-electron chi connectivity index (χ3n) is 2.74. The Labute approximate surface area is 106 Å². The number of amides is 1. The van der Waals surface area contributed by atoms with Crippen LogP contribution < -0.4 is 10.6 Å². The average Bonchev–Trinajstić information content (AvgIpc) is 2.56. The Morgan fingerprint density at radius 2 is 2.17 bits per heavy atom. The molecule has 0 radical (unpaired) electrons. The van der Waals surface area contributed by atoms with E-state index in [0.29, 0.717) is 19.7 Å². The fourth-order valence-corrected chi connectivity index (χ4v) is 1.81. The zero-order chi connectivity index (χ0) is 12.8. The van der Waals surface area contributed by atoms with Crippen LogP contribution in [0.3, 0.4) is 0 Å². The molecule has 2 rings (SSSR count). The molecule has 1 aliphatic heterocycles. The van der Waals surface area contributed by atoms with Gasteiger partial charge >= 0.3 is 5.97 Å². The van der Waals surface area contributed by atoms with Crippen molar-refractivity contribution in [2.24, 2.45) is 5.92 Å². The Hall–Kier alpha value is -1.88. The van der Waals surface area contributed by atoms with Gasteiger partial charge in [0.25, 0.3) is 0 Å². The standard InChI is InChI=1S/C13H16N2O3/c16-12(15-11-4-2-1-3-5-11)8-10-9-14-6-7-18-13(10)17/h1-5,10,14H,6-9H2,(H,15,16). The highest BCUT2D eigenvalue weighted by Gasteiger charge is 2.25. The first-order valence-electron chi connectivity index (χ1n) is 5.98. The van der Waals surface area contributed by atoms with Crippen LogP contribution in [0.2, 0.25) is 0 Å². The van der Waals surface area contributed by atoms with E-state index < -0.39 is 5.92 Å². The SMILES string of the molecule is O=C(CC1CNCCOC1=O)Nc1ccccc1. The molecular weight excluding hydrogens is 232 g/mol. The molecule has 1 heterocycles. The predicted molar refractivity (Wildman–Crippen MR) is 67.0 cm³/mol. The summed E-state index contributed by atoms with van der Waals surface area (Å²) < 4.78 is 4.99. The van der Waals surface area contributed by atoms with Gasteiger partial charge in [-0.05, 0) is 12.1 Å². The summed E-state index contributed by atoms with van der Waals surface area (Å²) in [7, 11) is 0. The number of esters is 1. The highest BCUT2D eigenvalue weighted by atomic mass is 16.5. The molecular formula is C13H16N2O3. The number of cyclic esters (lactones) is 1. The van der Waals surface area contributed by atoms with Gasteiger partial charge in [-0.2, -0.15) is 0 Å². The molecule has 5 heteroatoms. The van der Waals surface area contributed by atoms with Crippen molar-refractivity contribution in [3.63, 3.8) is 0 Å². The zero-order valence-electron chi connectivity index (χ0n) is 10.0. The van der Waals surface area contributed by atoms with Crippen molar-refractivity contribution in [1.29, 1.82) is 0 Å². The van der Waals surface area contributed by atoms with Gasteiger partial charge in [0.05, 0.1) is 5.92 Å². The molecule has 2 N–H and O–H groups in total. The van der Waals surface area contributed by atoms with Crippen molar-refractivity contribution < 1.29 is 14.3 Å². The van der Waals surface area contributed by atoms with Crippen LogP contribution in [0.5, 0.6) is 0 Å². The summed E-state index contributed by atoms with van der Waals surface area (Å²) in [4.78, 5) is 23.4. The minimum atomic E-state index is -0.406. The second kappa shape index (κ2) is 6.16. The molecule has 0 aliphatic carbocycles. The lowest BCUT2D eigenvalue weighted by atomic mass is 10.1. The summed E-state index contributed by atoms with van der Waals surface area (Å²) in [5.41, 5.74) is 0.734. The minimum absolute atomic E-state index is 0.140. The molecule has 1 aromatic rings. The molecule has 0 bridgehead atoms. The van der Waals surface area contributed by atoms with Crippen molar-refractivity contribution >= 4 is 17.6 Å². The van der Waals surface area contributed by atoms with Crippen molar-refractivity contribution in [2.75, 3.05) is 25.0 Å². The Balaban J connectivity index is 1.88. The van der Waals surface area contributed by atoms with E-state index in [9.17, 15) is 9.59 Å². The normalized spacial score (nSPS) is 19.8. The molecule has 0 spiro atoms. The monoisotopic (exact) mass is 248 g/mol. The quantitative estimate of drug-likeness (QED) is 0.776. The molecule has 1 aliphatic rings. The van der Waals surface area contributed by atoms with E-state index in [1.165, 1.54) is 0 Å². The van der Waals surface area contributed by atoms with E-state index in [2.05, 4.69) is 10.6 Å². The summed E-state index contributed by atoms with van der Waals surface area (Å²) >= 11 is 0. The molecule has 1 unspecified atom stereocenters. The van der Waals surface area contributed by atoms with E-state index in [1.54, 1.807) is 0 Å². The van der Waals surface area contributed by atoms with E-state index in [4.69, 9.17) is 4.74 Å². The Bertz CT molecular complexity index is 420. The maximum atomic E-state index is 11.8. The highest BCUT2D eigenvalue weighted by molar-refractivity contribution is 5.93. The molecule has 1 atom stereocenters. The number of rotatable bonds is 3. The smallest absolute Gasteiger partial charge is 0.310 e. The van der Waals surface area contributed by atoms with Gasteiger partial charge in [-0.25, -0.2) is 0 Å². The lowest BCUT2D eigenvalue weighted by molar-refractivity contribution is -0.148. The maximum absolute atomic E-state index is 11.8. The zero-order valence-corrected chi connectivity index (χ0v) is 10.0. The second-order valence-corrected chi connectivity index (χ2v) is 4.19. The van der Waals surface area contributed by atoms with E-state index >= 15 is 0 Å². The minimum Gasteiger partial charge on any atom is -0.464 e. The first-order valence-corrected chi connectivity index (χ1v) is 5.98.